The lowest BCUT2D eigenvalue weighted by Crippen LogP contribution is -2.51. The molecule has 26 heavy (non-hydrogen) atoms. The molecule has 0 unspecified atom stereocenters. The first kappa shape index (κ1) is 7.31. The molecule has 1 aliphatic rings. The first-order chi connectivity index (χ1) is 18.6. The van der Waals surface area contributed by atoms with E-state index in [1.807, 2.05) is 5.32 Å². The summed E-state index contributed by atoms with van der Waals surface area (Å²) in [4.78, 5) is 39.6. The van der Waals surface area contributed by atoms with Crippen LogP contribution in [0.3, 0.4) is 0 Å². The summed E-state index contributed by atoms with van der Waals surface area (Å²) in [5.74, 6) is -9.50. The summed E-state index contributed by atoms with van der Waals surface area (Å²) in [5.41, 5.74) is -0.753. The fraction of sp³-hybridized carbons (Fsp3) is 0.526. The van der Waals surface area contributed by atoms with Gasteiger partial charge in [0.15, 0.2) is 0 Å². The van der Waals surface area contributed by atoms with Gasteiger partial charge >= 0.3 is 0 Å². The van der Waals surface area contributed by atoms with Crippen LogP contribution in [0.15, 0.2) is 24.2 Å². The Morgan fingerprint density at radius 2 is 2.12 bits per heavy atom. The van der Waals surface area contributed by atoms with Gasteiger partial charge in [0.1, 0.15) is 18.1 Å². The molecule has 2 rings (SSSR count). The van der Waals surface area contributed by atoms with Gasteiger partial charge in [-0.2, -0.15) is 0 Å². The Balaban J connectivity index is 2.59. The van der Waals surface area contributed by atoms with Gasteiger partial charge < -0.3 is 20.6 Å². The van der Waals surface area contributed by atoms with Crippen molar-refractivity contribution in [3.05, 3.63) is 35.3 Å². The molecule has 1 aromatic carbocycles. The number of amides is 3. The molecule has 0 aliphatic carbocycles. The molecule has 7 heteroatoms. The number of fused-ring (bicyclic) bond motifs is 1. The first-order valence-electron chi connectivity index (χ1n) is 15.3. The number of carbonyl (C=O) groups excluding carboxylic acids is 3. The predicted octanol–water partition coefficient (Wildman–Crippen LogP) is 0.380. The maximum atomic E-state index is 13.3. The minimum atomic E-state index is -4.31. The molecule has 0 spiro atoms. The van der Waals surface area contributed by atoms with Crippen LogP contribution >= 0.6 is 0 Å². The van der Waals surface area contributed by atoms with Gasteiger partial charge in [-0.15, -0.1) is 0 Å². The molecule has 3 amide bonds. The summed E-state index contributed by atoms with van der Waals surface area (Å²) in [6.07, 6.45) is -4.69. The van der Waals surface area contributed by atoms with Crippen LogP contribution in [-0.2, 0) is 20.8 Å². The van der Waals surface area contributed by atoms with Crippen molar-refractivity contribution >= 4 is 17.7 Å². The Morgan fingerprint density at radius 3 is 2.81 bits per heavy atom. The van der Waals surface area contributed by atoms with Crippen molar-refractivity contribution < 1.29 is 41.4 Å². The Kier molecular flexibility index (Phi) is 2.34. The van der Waals surface area contributed by atoms with E-state index in [2.05, 4.69) is 0 Å². The Bertz CT molecular complexity index is 1270. The van der Waals surface area contributed by atoms with Gasteiger partial charge in [-0.25, -0.2) is 0 Å². The molecular formula is C19H27N3O4. The second-order valence-electron chi connectivity index (χ2n) is 5.34. The molecule has 1 heterocycles. The molecule has 0 saturated heterocycles. The molecule has 0 radical (unpaired) electrons. The largest absolute Gasteiger partial charge is 0.383 e. The van der Waals surface area contributed by atoms with E-state index in [0.29, 0.717) is 11.8 Å². The molecule has 3 atom stereocenters. The lowest BCUT2D eigenvalue weighted by atomic mass is 9.99. The van der Waals surface area contributed by atoms with E-state index in [0.717, 1.165) is 0 Å². The Morgan fingerprint density at radius 1 is 1.38 bits per heavy atom. The Hall–Kier alpha value is -2.41. The monoisotopic (exact) mass is 377 g/mol. The number of nitrogens with zero attached hydrogens (tertiary/aromatic N) is 1. The van der Waals surface area contributed by atoms with Gasteiger partial charge in [0.05, 0.1) is 8.22 Å². The van der Waals surface area contributed by atoms with Crippen LogP contribution in [0, 0.1) is 5.89 Å². The first-order valence-corrected chi connectivity index (χ1v) is 7.32. The smallest absolute Gasteiger partial charge is 0.249 e. The molecule has 142 valence electrons. The number of carbonyl (C=O) groups is 3. The third kappa shape index (κ3) is 4.40. The van der Waals surface area contributed by atoms with Crippen LogP contribution in [0.25, 0.3) is 0 Å². The van der Waals surface area contributed by atoms with Gasteiger partial charge in [-0.3, -0.25) is 14.4 Å². The average molecular weight is 378 g/mol. The molecule has 3 N–H and O–H groups in total. The number of hydrogen-bond acceptors (Lipinski definition) is 4. The summed E-state index contributed by atoms with van der Waals surface area (Å²) < 4.78 is 124. The minimum Gasteiger partial charge on any atom is -0.383 e. The summed E-state index contributed by atoms with van der Waals surface area (Å²) in [6.45, 7) is -11.0. The van der Waals surface area contributed by atoms with E-state index in [9.17, 15) is 19.5 Å². The van der Waals surface area contributed by atoms with Gasteiger partial charge in [-0.05, 0) is 30.4 Å². The highest BCUT2D eigenvalue weighted by molar-refractivity contribution is 5.93. The normalized spacial score (nSPS) is 32.6. The molecular weight excluding hydrogens is 334 g/mol. The molecule has 0 bridgehead atoms. The standard InChI is InChI=1S/C19H27N3O4/c1-11(2)16(23)18(25)20-12(3)17(24)21-15-14-8-6-5-7-13(14)9-10-22(4)19(15)26/h5-8,11-12,15-16,23H,9-10H2,1-4H3,(H,20,25)(H,21,24)/t12-,15-,16-/m0/s1/i1D3,2D3,4D3,5D,6D,7D,8D,11D,12D,16D. The van der Waals surface area contributed by atoms with Crippen molar-refractivity contribution in [3.8, 4) is 0 Å². The Labute approximate surface area is 176 Å². The lowest BCUT2D eigenvalue weighted by molar-refractivity contribution is -0.137. The van der Waals surface area contributed by atoms with Gasteiger partial charge in [0.25, 0.3) is 0 Å². The van der Waals surface area contributed by atoms with Crippen LogP contribution in [0.5, 0.6) is 0 Å². The van der Waals surface area contributed by atoms with E-state index >= 15 is 0 Å². The van der Waals surface area contributed by atoms with Crippen molar-refractivity contribution in [1.29, 1.82) is 0 Å². The lowest BCUT2D eigenvalue weighted by Gasteiger charge is -2.24. The van der Waals surface area contributed by atoms with Crippen LogP contribution < -0.4 is 10.6 Å². The maximum absolute atomic E-state index is 13.3. The third-order valence-corrected chi connectivity index (χ3v) is 3.55. The molecule has 0 saturated carbocycles. The highest BCUT2D eigenvalue weighted by atomic mass is 16.3. The summed E-state index contributed by atoms with van der Waals surface area (Å²) in [6, 6.07) is -8.23. The quantitative estimate of drug-likeness (QED) is 0.691. The van der Waals surface area contributed by atoms with Crippen LogP contribution in [0.1, 0.15) is 59.7 Å². The van der Waals surface area contributed by atoms with Crippen LogP contribution in [-0.4, -0.2) is 53.3 Å². The van der Waals surface area contributed by atoms with Gasteiger partial charge in [0.2, 0.25) is 17.7 Å². The zero-order chi connectivity index (χ0) is 33.2. The molecule has 0 aromatic heterocycles. The van der Waals surface area contributed by atoms with E-state index in [-0.39, 0.29) is 12.0 Å². The second kappa shape index (κ2) is 8.31. The summed E-state index contributed by atoms with van der Waals surface area (Å²) in [7, 11) is 0. The number of aliphatic hydroxyl groups is 1. The minimum absolute atomic E-state index is 0.225. The molecule has 1 aliphatic heterocycles. The number of likely N-dealkylation sites (N-methyl/N-ethyl adjacent to an activating group) is 1. The van der Waals surface area contributed by atoms with E-state index in [1.54, 1.807) is 0 Å². The zero-order valence-corrected chi connectivity index (χ0v) is 13.6. The molecule has 7 nitrogen and oxygen atoms in total. The predicted molar refractivity (Wildman–Crippen MR) is 97.1 cm³/mol. The summed E-state index contributed by atoms with van der Waals surface area (Å²) >= 11 is 0. The van der Waals surface area contributed by atoms with Crippen LogP contribution in [0.2, 0.25) is 0 Å². The highest BCUT2D eigenvalue weighted by Crippen LogP contribution is 2.24. The fourth-order valence-corrected chi connectivity index (χ4v) is 2.18. The van der Waals surface area contributed by atoms with Crippen molar-refractivity contribution in [1.82, 2.24) is 15.5 Å². The highest BCUT2D eigenvalue weighted by Gasteiger charge is 2.32. The SMILES string of the molecule is [2H]c1c([2H])c([2H])c2c(c1[2H])CCN(C([2H])([2H])[2H])C(=O)[C@H]2NC(=O)[C@]([2H])(C)NC(=O)[C@@]([2H])(O)C([2H])(C([2H])([2H])[2H])C([2H])([2H])[2H]. The zero-order valence-electron chi connectivity index (χ0n) is 29.6. The second-order valence-corrected chi connectivity index (χ2v) is 5.34. The van der Waals surface area contributed by atoms with Crippen molar-refractivity contribution in [2.24, 2.45) is 5.89 Å². The van der Waals surface area contributed by atoms with Crippen LogP contribution in [0.4, 0.5) is 0 Å². The topological polar surface area (TPSA) is 98.7 Å². The van der Waals surface area contributed by atoms with E-state index in [1.165, 1.54) is 5.32 Å². The number of nitrogens with one attached hydrogen (secondary N) is 2. The third-order valence-electron chi connectivity index (χ3n) is 3.55. The van der Waals surface area contributed by atoms with Crippen molar-refractivity contribution in [2.75, 3.05) is 13.5 Å². The number of rotatable bonds is 5. The van der Waals surface area contributed by atoms with Gasteiger partial charge in [-0.1, -0.05) is 37.9 Å². The molecule has 0 fully saturated rings. The number of hydrogen-bond donors (Lipinski definition) is 3. The van der Waals surface area contributed by atoms with Crippen molar-refractivity contribution in [2.45, 2.75) is 45.2 Å². The van der Waals surface area contributed by atoms with E-state index < -0.39 is 98.7 Å². The van der Waals surface area contributed by atoms with E-state index in [4.69, 9.17) is 21.9 Å². The van der Waals surface area contributed by atoms with Gasteiger partial charge in [0, 0.05) is 27.2 Å². The number of benzene rings is 1. The fourth-order valence-electron chi connectivity index (χ4n) is 2.18. The summed E-state index contributed by atoms with van der Waals surface area (Å²) in [5, 5.41) is 13.8. The average Bonchev–Trinajstić information content (AvgIpc) is 2.95. The maximum Gasteiger partial charge on any atom is 0.249 e. The van der Waals surface area contributed by atoms with Crippen molar-refractivity contribution in [3.63, 3.8) is 0 Å². The molecule has 1 aromatic rings.